The van der Waals surface area contributed by atoms with Crippen LogP contribution in [0, 0.1) is 10.1 Å². The average molecular weight is 312 g/mol. The molecule has 0 fully saturated rings. The summed E-state index contributed by atoms with van der Waals surface area (Å²) in [6, 6.07) is 19.3. The number of hydrogen-bond acceptors (Lipinski definition) is 4. The van der Waals surface area contributed by atoms with Gasteiger partial charge in [-0.05, 0) is 17.7 Å². The highest BCUT2D eigenvalue weighted by molar-refractivity contribution is 5.79. The third kappa shape index (κ3) is 5.90. The molecule has 2 rings (SSSR count). The van der Waals surface area contributed by atoms with Crippen LogP contribution in [-0.2, 0) is 4.79 Å². The molecule has 0 unspecified atom stereocenters. The molecule has 1 atom stereocenters. The standard InChI is InChI=1S/C18H20N2O3/c21-17(12-7-13-20(22)23)14-18(15-8-3-1-4-9-15)19-16-10-5-2-6-11-16/h1-6,8-11,18-19H,7,12-14H2/t18-/m0/s1. The van der Waals surface area contributed by atoms with E-state index in [0.29, 0.717) is 12.8 Å². The van der Waals surface area contributed by atoms with Crippen LogP contribution in [0.4, 0.5) is 5.69 Å². The Morgan fingerprint density at radius 1 is 1.04 bits per heavy atom. The molecule has 0 aliphatic heterocycles. The largest absolute Gasteiger partial charge is 0.378 e. The molecule has 2 aromatic carbocycles. The van der Waals surface area contributed by atoms with Gasteiger partial charge >= 0.3 is 0 Å². The fourth-order valence-electron chi connectivity index (χ4n) is 2.41. The molecule has 5 nitrogen and oxygen atoms in total. The molecule has 23 heavy (non-hydrogen) atoms. The molecule has 0 saturated carbocycles. The number of nitrogens with zero attached hydrogens (tertiary/aromatic N) is 1. The maximum atomic E-state index is 12.1. The van der Waals surface area contributed by atoms with Crippen molar-refractivity contribution in [2.24, 2.45) is 0 Å². The molecule has 0 bridgehead atoms. The van der Waals surface area contributed by atoms with Gasteiger partial charge in [-0.3, -0.25) is 14.9 Å². The Balaban J connectivity index is 2.02. The summed E-state index contributed by atoms with van der Waals surface area (Å²) in [5.41, 5.74) is 1.97. The number of anilines is 1. The summed E-state index contributed by atoms with van der Waals surface area (Å²) in [7, 11) is 0. The monoisotopic (exact) mass is 312 g/mol. The van der Waals surface area contributed by atoms with Crippen LogP contribution in [0.3, 0.4) is 0 Å². The lowest BCUT2D eigenvalue weighted by Gasteiger charge is -2.20. The predicted molar refractivity (Wildman–Crippen MR) is 90.0 cm³/mol. The van der Waals surface area contributed by atoms with Crippen molar-refractivity contribution in [2.75, 3.05) is 11.9 Å². The Hall–Kier alpha value is -2.69. The quantitative estimate of drug-likeness (QED) is 0.564. The van der Waals surface area contributed by atoms with Crippen LogP contribution in [0.1, 0.15) is 30.9 Å². The predicted octanol–water partition coefficient (Wildman–Crippen LogP) is 3.86. The smallest absolute Gasteiger partial charge is 0.204 e. The van der Waals surface area contributed by atoms with Crippen molar-refractivity contribution in [2.45, 2.75) is 25.3 Å². The van der Waals surface area contributed by atoms with E-state index in [1.807, 2.05) is 60.7 Å². The number of hydrogen-bond donors (Lipinski definition) is 1. The first-order valence-electron chi connectivity index (χ1n) is 7.65. The van der Waals surface area contributed by atoms with Crippen LogP contribution >= 0.6 is 0 Å². The molecule has 1 N–H and O–H groups in total. The molecular formula is C18H20N2O3. The van der Waals surface area contributed by atoms with Crippen LogP contribution in [0.5, 0.6) is 0 Å². The second-order valence-electron chi connectivity index (χ2n) is 5.38. The number of rotatable bonds is 9. The van der Waals surface area contributed by atoms with E-state index in [4.69, 9.17) is 0 Å². The highest BCUT2D eigenvalue weighted by Crippen LogP contribution is 2.23. The summed E-state index contributed by atoms with van der Waals surface area (Å²) in [5.74, 6) is 0.0316. The van der Waals surface area contributed by atoms with Crippen LogP contribution < -0.4 is 5.32 Å². The van der Waals surface area contributed by atoms with Gasteiger partial charge in [0.15, 0.2) is 0 Å². The van der Waals surface area contributed by atoms with Crippen LogP contribution in [0.2, 0.25) is 0 Å². The summed E-state index contributed by atoms with van der Waals surface area (Å²) in [6.45, 7) is -0.159. The molecule has 0 saturated heterocycles. The lowest BCUT2D eigenvalue weighted by molar-refractivity contribution is -0.480. The van der Waals surface area contributed by atoms with E-state index in [0.717, 1.165) is 11.3 Å². The molecule has 5 heteroatoms. The Bertz CT molecular complexity index is 629. The summed E-state index contributed by atoms with van der Waals surface area (Å²) in [6.07, 6.45) is 0.843. The summed E-state index contributed by atoms with van der Waals surface area (Å²) in [5, 5.41) is 13.7. The van der Waals surface area contributed by atoms with Gasteiger partial charge in [0, 0.05) is 29.9 Å². The van der Waals surface area contributed by atoms with E-state index in [1.54, 1.807) is 0 Å². The number of ketones is 1. The van der Waals surface area contributed by atoms with Crippen molar-refractivity contribution in [1.29, 1.82) is 0 Å². The number of carbonyl (C=O) groups is 1. The zero-order valence-corrected chi connectivity index (χ0v) is 12.9. The SMILES string of the molecule is O=C(CCC[N+](=O)[O-])C[C@H](Nc1ccccc1)c1ccccc1. The van der Waals surface area contributed by atoms with Crippen molar-refractivity contribution in [1.82, 2.24) is 0 Å². The van der Waals surface area contributed by atoms with Gasteiger partial charge in [0.25, 0.3) is 0 Å². The first-order chi connectivity index (χ1) is 11.1. The maximum absolute atomic E-state index is 12.1. The number of nitrogens with one attached hydrogen (secondary N) is 1. The van der Waals surface area contributed by atoms with Gasteiger partial charge in [0.2, 0.25) is 6.54 Å². The number of para-hydroxylation sites is 1. The number of carbonyl (C=O) groups excluding carboxylic acids is 1. The summed E-state index contributed by atoms with van der Waals surface area (Å²) >= 11 is 0. The van der Waals surface area contributed by atoms with E-state index >= 15 is 0 Å². The summed E-state index contributed by atoms with van der Waals surface area (Å²) < 4.78 is 0. The minimum absolute atomic E-state index is 0.0316. The maximum Gasteiger partial charge on any atom is 0.204 e. The van der Waals surface area contributed by atoms with Crippen molar-refractivity contribution < 1.29 is 9.72 Å². The van der Waals surface area contributed by atoms with Gasteiger partial charge < -0.3 is 5.32 Å². The van der Waals surface area contributed by atoms with E-state index in [9.17, 15) is 14.9 Å². The van der Waals surface area contributed by atoms with Crippen molar-refractivity contribution in [3.63, 3.8) is 0 Å². The zero-order valence-electron chi connectivity index (χ0n) is 12.9. The first-order valence-corrected chi connectivity index (χ1v) is 7.65. The molecule has 0 aliphatic carbocycles. The highest BCUT2D eigenvalue weighted by Gasteiger charge is 2.16. The average Bonchev–Trinajstić information content (AvgIpc) is 2.56. The van der Waals surface area contributed by atoms with Gasteiger partial charge in [-0.2, -0.15) is 0 Å². The highest BCUT2D eigenvalue weighted by atomic mass is 16.6. The van der Waals surface area contributed by atoms with Crippen molar-refractivity contribution >= 4 is 11.5 Å². The third-order valence-corrected chi connectivity index (χ3v) is 3.54. The minimum Gasteiger partial charge on any atom is -0.378 e. The number of nitro groups is 1. The molecular weight excluding hydrogens is 292 g/mol. The van der Waals surface area contributed by atoms with Gasteiger partial charge in [-0.1, -0.05) is 48.5 Å². The van der Waals surface area contributed by atoms with Crippen LogP contribution in [-0.4, -0.2) is 17.3 Å². The van der Waals surface area contributed by atoms with Crippen molar-refractivity contribution in [3.8, 4) is 0 Å². The lowest BCUT2D eigenvalue weighted by atomic mass is 9.99. The third-order valence-electron chi connectivity index (χ3n) is 3.54. The fourth-order valence-corrected chi connectivity index (χ4v) is 2.41. The van der Waals surface area contributed by atoms with Gasteiger partial charge in [-0.15, -0.1) is 0 Å². The normalized spacial score (nSPS) is 11.7. The fraction of sp³-hybridized carbons (Fsp3) is 0.278. The lowest BCUT2D eigenvalue weighted by Crippen LogP contribution is -2.16. The molecule has 0 spiro atoms. The Morgan fingerprint density at radius 2 is 1.65 bits per heavy atom. The second kappa shape index (κ2) is 8.68. The molecule has 0 aromatic heterocycles. The van der Waals surface area contributed by atoms with E-state index in [-0.39, 0.29) is 29.7 Å². The minimum atomic E-state index is -0.385. The number of benzene rings is 2. The Morgan fingerprint density at radius 3 is 2.26 bits per heavy atom. The van der Waals surface area contributed by atoms with Gasteiger partial charge in [0.1, 0.15) is 5.78 Å². The topological polar surface area (TPSA) is 72.2 Å². The van der Waals surface area contributed by atoms with E-state index in [2.05, 4.69) is 5.32 Å². The van der Waals surface area contributed by atoms with E-state index in [1.165, 1.54) is 0 Å². The molecule has 0 aliphatic rings. The van der Waals surface area contributed by atoms with Crippen molar-refractivity contribution in [3.05, 3.63) is 76.3 Å². The van der Waals surface area contributed by atoms with Crippen LogP contribution in [0.25, 0.3) is 0 Å². The second-order valence-corrected chi connectivity index (χ2v) is 5.38. The van der Waals surface area contributed by atoms with Gasteiger partial charge in [-0.25, -0.2) is 0 Å². The molecule has 0 heterocycles. The van der Waals surface area contributed by atoms with E-state index < -0.39 is 0 Å². The Kier molecular flexibility index (Phi) is 6.29. The van der Waals surface area contributed by atoms with Gasteiger partial charge in [0.05, 0.1) is 6.04 Å². The Labute approximate surface area is 135 Å². The molecule has 120 valence electrons. The summed E-state index contributed by atoms with van der Waals surface area (Å²) in [4.78, 5) is 22.1. The molecule has 0 amide bonds. The first kappa shape index (κ1) is 16.7. The molecule has 0 radical (unpaired) electrons. The number of Topliss-reactive ketones (excluding diaryl/α,β-unsaturated/α-hetero) is 1. The molecule has 2 aromatic rings. The zero-order chi connectivity index (χ0) is 16.5. The van der Waals surface area contributed by atoms with Crippen LogP contribution in [0.15, 0.2) is 60.7 Å².